The van der Waals surface area contributed by atoms with E-state index in [1.807, 2.05) is 18.2 Å². The standard InChI is InChI=1S/C24H26N4O2/c1-30-20-9-7-16(8-10-20)22-21-15-27(23-18(12-25)6-3-11-26-23)13-19(21)14-28(22)24(29)17-4-2-5-17/h3,6-11,17,19,21-22H,2,4-5,13-15H2,1H3/t19-,21-,22-/m0/s1. The van der Waals surface area contributed by atoms with Gasteiger partial charge in [-0.1, -0.05) is 18.6 Å². The maximum absolute atomic E-state index is 13.2. The van der Waals surface area contributed by atoms with Gasteiger partial charge in [-0.3, -0.25) is 4.79 Å². The van der Waals surface area contributed by atoms with Crippen LogP contribution in [0.2, 0.25) is 0 Å². The number of anilines is 1. The number of amides is 1. The number of pyridine rings is 1. The number of rotatable bonds is 4. The van der Waals surface area contributed by atoms with Gasteiger partial charge in [0.05, 0.1) is 18.7 Å². The number of methoxy groups -OCH3 is 1. The van der Waals surface area contributed by atoms with Crippen LogP contribution in [0.3, 0.4) is 0 Å². The lowest BCUT2D eigenvalue weighted by Crippen LogP contribution is -2.41. The minimum absolute atomic E-state index is 0.0632. The van der Waals surface area contributed by atoms with Crippen LogP contribution in [0.4, 0.5) is 5.82 Å². The molecule has 1 aromatic carbocycles. The highest BCUT2D eigenvalue weighted by atomic mass is 16.5. The number of hydrogen-bond donors (Lipinski definition) is 0. The molecule has 3 aliphatic rings. The van der Waals surface area contributed by atoms with Crippen LogP contribution in [0.5, 0.6) is 5.75 Å². The van der Waals surface area contributed by atoms with Gasteiger partial charge >= 0.3 is 0 Å². The summed E-state index contributed by atoms with van der Waals surface area (Å²) < 4.78 is 5.33. The van der Waals surface area contributed by atoms with Gasteiger partial charge in [-0.25, -0.2) is 4.98 Å². The summed E-state index contributed by atoms with van der Waals surface area (Å²) in [6, 6.07) is 14.1. The van der Waals surface area contributed by atoms with E-state index in [4.69, 9.17) is 4.74 Å². The molecule has 5 rings (SSSR count). The van der Waals surface area contributed by atoms with Crippen LogP contribution in [0.15, 0.2) is 42.6 Å². The van der Waals surface area contributed by atoms with Crippen LogP contribution in [0, 0.1) is 29.1 Å². The van der Waals surface area contributed by atoms with Crippen LogP contribution >= 0.6 is 0 Å². The van der Waals surface area contributed by atoms with Crippen molar-refractivity contribution in [2.75, 3.05) is 31.6 Å². The van der Waals surface area contributed by atoms with E-state index < -0.39 is 0 Å². The third-order valence-electron chi connectivity index (χ3n) is 7.07. The molecule has 30 heavy (non-hydrogen) atoms. The zero-order valence-electron chi connectivity index (χ0n) is 17.2. The summed E-state index contributed by atoms with van der Waals surface area (Å²) in [5.41, 5.74) is 1.78. The van der Waals surface area contributed by atoms with E-state index in [1.54, 1.807) is 19.4 Å². The molecule has 1 saturated carbocycles. The molecule has 0 unspecified atom stereocenters. The molecular weight excluding hydrogens is 376 g/mol. The minimum Gasteiger partial charge on any atom is -0.497 e. The van der Waals surface area contributed by atoms with Crippen molar-refractivity contribution in [3.05, 3.63) is 53.7 Å². The first kappa shape index (κ1) is 18.9. The first-order valence-electron chi connectivity index (χ1n) is 10.7. The van der Waals surface area contributed by atoms with Gasteiger partial charge in [0.25, 0.3) is 0 Å². The van der Waals surface area contributed by atoms with Gasteiger partial charge in [0.2, 0.25) is 5.91 Å². The molecule has 0 radical (unpaired) electrons. The molecule has 3 fully saturated rings. The summed E-state index contributed by atoms with van der Waals surface area (Å²) in [4.78, 5) is 22.1. The number of hydrogen-bond acceptors (Lipinski definition) is 5. The first-order valence-corrected chi connectivity index (χ1v) is 10.7. The Bertz CT molecular complexity index is 979. The zero-order chi connectivity index (χ0) is 20.7. The fourth-order valence-corrected chi connectivity index (χ4v) is 5.30. The van der Waals surface area contributed by atoms with E-state index in [0.717, 1.165) is 50.5 Å². The van der Waals surface area contributed by atoms with Gasteiger partial charge in [-0.05, 0) is 42.7 Å². The van der Waals surface area contributed by atoms with E-state index in [0.29, 0.717) is 23.3 Å². The molecule has 0 spiro atoms. The lowest BCUT2D eigenvalue weighted by atomic mass is 9.83. The fourth-order valence-electron chi connectivity index (χ4n) is 5.30. The van der Waals surface area contributed by atoms with E-state index in [9.17, 15) is 10.1 Å². The molecule has 0 N–H and O–H groups in total. The number of nitrogens with zero attached hydrogens (tertiary/aromatic N) is 4. The highest BCUT2D eigenvalue weighted by Gasteiger charge is 2.50. The fraction of sp³-hybridized carbons (Fsp3) is 0.458. The molecule has 3 atom stereocenters. The second-order valence-electron chi connectivity index (χ2n) is 8.65. The van der Waals surface area contributed by atoms with Gasteiger partial charge in [0, 0.05) is 43.6 Å². The van der Waals surface area contributed by atoms with Crippen molar-refractivity contribution >= 4 is 11.7 Å². The molecule has 1 aromatic heterocycles. The van der Waals surface area contributed by atoms with Crippen molar-refractivity contribution in [2.24, 2.45) is 17.8 Å². The quantitative estimate of drug-likeness (QED) is 0.784. The SMILES string of the molecule is COc1ccc([C@H]2[C@H]3CN(c4ncccc4C#N)C[C@H]3CN2C(=O)C2CCC2)cc1. The molecule has 2 aromatic rings. The Morgan fingerprint density at radius 1 is 1.17 bits per heavy atom. The normalized spacial score (nSPS) is 25.5. The predicted molar refractivity (Wildman–Crippen MR) is 113 cm³/mol. The van der Waals surface area contributed by atoms with Crippen molar-refractivity contribution in [3.8, 4) is 11.8 Å². The van der Waals surface area contributed by atoms with Gasteiger partial charge in [0.1, 0.15) is 17.6 Å². The Balaban J connectivity index is 1.45. The lowest BCUT2D eigenvalue weighted by Gasteiger charge is -2.35. The highest BCUT2D eigenvalue weighted by molar-refractivity contribution is 5.80. The Kier molecular flexibility index (Phi) is 4.82. The number of carbonyl (C=O) groups is 1. The highest BCUT2D eigenvalue weighted by Crippen LogP contribution is 2.47. The zero-order valence-corrected chi connectivity index (χ0v) is 17.2. The van der Waals surface area contributed by atoms with E-state index in [2.05, 4.69) is 33.0 Å². The molecule has 2 saturated heterocycles. The van der Waals surface area contributed by atoms with Crippen LogP contribution < -0.4 is 9.64 Å². The molecular formula is C24H26N4O2. The van der Waals surface area contributed by atoms with Gasteiger partial charge < -0.3 is 14.5 Å². The average molecular weight is 402 g/mol. The van der Waals surface area contributed by atoms with E-state index in [-0.39, 0.29) is 12.0 Å². The van der Waals surface area contributed by atoms with Gasteiger partial charge in [-0.2, -0.15) is 5.26 Å². The Hall–Kier alpha value is -3.07. The first-order chi connectivity index (χ1) is 14.7. The van der Waals surface area contributed by atoms with Crippen molar-refractivity contribution in [3.63, 3.8) is 0 Å². The molecule has 1 aliphatic carbocycles. The summed E-state index contributed by atoms with van der Waals surface area (Å²) >= 11 is 0. The Morgan fingerprint density at radius 3 is 2.63 bits per heavy atom. The third-order valence-corrected chi connectivity index (χ3v) is 7.07. The number of benzene rings is 1. The summed E-state index contributed by atoms with van der Waals surface area (Å²) in [7, 11) is 1.67. The smallest absolute Gasteiger partial charge is 0.226 e. The number of likely N-dealkylation sites (tertiary alicyclic amines) is 1. The maximum Gasteiger partial charge on any atom is 0.226 e. The Morgan fingerprint density at radius 2 is 1.97 bits per heavy atom. The molecule has 0 bridgehead atoms. The molecule has 154 valence electrons. The summed E-state index contributed by atoms with van der Waals surface area (Å²) in [6.07, 6.45) is 4.95. The maximum atomic E-state index is 13.2. The van der Waals surface area contributed by atoms with Crippen molar-refractivity contribution in [1.82, 2.24) is 9.88 Å². The monoisotopic (exact) mass is 402 g/mol. The number of aromatic nitrogens is 1. The molecule has 1 amide bonds. The largest absolute Gasteiger partial charge is 0.497 e. The predicted octanol–water partition coefficient (Wildman–Crippen LogP) is 3.40. The van der Waals surface area contributed by atoms with Crippen LogP contribution in [-0.2, 0) is 4.79 Å². The summed E-state index contributed by atoms with van der Waals surface area (Å²) in [5, 5.41) is 9.49. The van der Waals surface area contributed by atoms with Crippen LogP contribution in [-0.4, -0.2) is 42.5 Å². The molecule has 6 nitrogen and oxygen atoms in total. The van der Waals surface area contributed by atoms with Crippen LogP contribution in [0.1, 0.15) is 36.4 Å². The number of fused-ring (bicyclic) bond motifs is 1. The summed E-state index contributed by atoms with van der Waals surface area (Å²) in [5.74, 6) is 2.82. The topological polar surface area (TPSA) is 69.5 Å². The minimum atomic E-state index is 0.0632. The Labute approximate surface area is 177 Å². The van der Waals surface area contributed by atoms with Gasteiger partial charge in [0.15, 0.2) is 0 Å². The lowest BCUT2D eigenvalue weighted by molar-refractivity contribution is -0.139. The summed E-state index contributed by atoms with van der Waals surface area (Å²) in [6.45, 7) is 2.42. The second-order valence-corrected chi connectivity index (χ2v) is 8.65. The molecule has 2 aliphatic heterocycles. The van der Waals surface area contributed by atoms with Crippen LogP contribution in [0.25, 0.3) is 0 Å². The average Bonchev–Trinajstić information content (AvgIpc) is 3.30. The number of carbonyl (C=O) groups excluding carboxylic acids is 1. The third kappa shape index (κ3) is 3.09. The molecule has 3 heterocycles. The van der Waals surface area contributed by atoms with E-state index in [1.165, 1.54) is 5.56 Å². The molecule has 6 heteroatoms. The second kappa shape index (κ2) is 7.64. The number of ether oxygens (including phenoxy) is 1. The van der Waals surface area contributed by atoms with Crippen molar-refractivity contribution in [2.45, 2.75) is 25.3 Å². The van der Waals surface area contributed by atoms with Gasteiger partial charge in [-0.15, -0.1) is 0 Å². The van der Waals surface area contributed by atoms with E-state index >= 15 is 0 Å². The number of nitriles is 1. The van der Waals surface area contributed by atoms with Crippen molar-refractivity contribution in [1.29, 1.82) is 5.26 Å². The van der Waals surface area contributed by atoms with Crippen molar-refractivity contribution < 1.29 is 9.53 Å².